The van der Waals surface area contributed by atoms with Crippen LogP contribution in [0, 0.1) is 0 Å². The maximum Gasteiger partial charge on any atom is 0.172 e. The van der Waals surface area contributed by atoms with E-state index in [1.54, 1.807) is 12.4 Å². The predicted octanol–water partition coefficient (Wildman–Crippen LogP) is 1.02. The van der Waals surface area contributed by atoms with Gasteiger partial charge in [-0.05, 0) is 6.42 Å². The molecule has 1 aromatic heterocycles. The van der Waals surface area contributed by atoms with Crippen LogP contribution < -0.4 is 5.84 Å². The van der Waals surface area contributed by atoms with Crippen LogP contribution in [0.25, 0.3) is 0 Å². The largest absolute Gasteiger partial charge is 0.305 e. The average Bonchev–Trinajstić information content (AvgIpc) is 2.19. The molecule has 1 rings (SSSR count). The van der Waals surface area contributed by atoms with Crippen LogP contribution in [-0.4, -0.2) is 16.3 Å². The number of aryl methyl sites for hydroxylation is 1. The van der Waals surface area contributed by atoms with Gasteiger partial charge in [0.1, 0.15) is 6.34 Å². The van der Waals surface area contributed by atoms with Crippen molar-refractivity contribution >= 4 is 12.2 Å². The lowest BCUT2D eigenvalue weighted by molar-refractivity contribution is 0.997. The van der Waals surface area contributed by atoms with E-state index in [4.69, 9.17) is 5.84 Å². The molecule has 0 radical (unpaired) electrons. The van der Waals surface area contributed by atoms with E-state index in [1.165, 1.54) is 6.34 Å². The first-order chi connectivity index (χ1) is 6.36. The van der Waals surface area contributed by atoms with Crippen LogP contribution in [0.15, 0.2) is 27.7 Å². The number of nitrogens with zero attached hydrogens (tertiary/aromatic N) is 5. The van der Waals surface area contributed by atoms with Crippen molar-refractivity contribution in [3.8, 4) is 0 Å². The van der Waals surface area contributed by atoms with E-state index in [2.05, 4.69) is 25.3 Å². The van der Waals surface area contributed by atoms with Crippen molar-refractivity contribution in [2.75, 3.05) is 0 Å². The third kappa shape index (κ3) is 2.94. The van der Waals surface area contributed by atoms with Crippen molar-refractivity contribution in [2.45, 2.75) is 13.3 Å². The van der Waals surface area contributed by atoms with Crippen molar-refractivity contribution in [2.24, 2.45) is 21.2 Å². The Balaban J connectivity index is 2.69. The van der Waals surface area contributed by atoms with Crippen molar-refractivity contribution in [1.82, 2.24) is 9.97 Å². The van der Waals surface area contributed by atoms with E-state index < -0.39 is 0 Å². The summed E-state index contributed by atoms with van der Waals surface area (Å²) in [7, 11) is 0. The lowest BCUT2D eigenvalue weighted by atomic mass is 10.4. The second-order valence-corrected chi connectivity index (χ2v) is 2.19. The van der Waals surface area contributed by atoms with Crippen LogP contribution in [0.5, 0.6) is 0 Å². The number of hydrogen-bond donors (Lipinski definition) is 1. The molecule has 0 fully saturated rings. The number of nitrogens with two attached hydrogens (primary N) is 1. The highest BCUT2D eigenvalue weighted by Crippen LogP contribution is 2.04. The Kier molecular flexibility index (Phi) is 3.49. The van der Waals surface area contributed by atoms with Crippen molar-refractivity contribution in [3.63, 3.8) is 0 Å². The molecule has 6 heteroatoms. The zero-order valence-electron chi connectivity index (χ0n) is 7.25. The summed E-state index contributed by atoms with van der Waals surface area (Å²) in [4.78, 5) is 11.9. The molecule has 0 aliphatic heterocycles. The SMILES string of the molecule is CCc1cnc(N=CN=NN)cn1. The summed E-state index contributed by atoms with van der Waals surface area (Å²) in [6, 6.07) is 0. The molecule has 68 valence electrons. The first kappa shape index (κ1) is 9.24. The van der Waals surface area contributed by atoms with Crippen molar-refractivity contribution < 1.29 is 0 Å². The number of hydrogen-bond acceptors (Lipinski definition) is 4. The smallest absolute Gasteiger partial charge is 0.172 e. The number of aromatic nitrogens is 2. The normalized spacial score (nSPS) is 11.5. The maximum atomic E-state index is 4.77. The van der Waals surface area contributed by atoms with Gasteiger partial charge in [0.2, 0.25) is 0 Å². The molecule has 0 aliphatic rings. The van der Waals surface area contributed by atoms with E-state index >= 15 is 0 Å². The van der Waals surface area contributed by atoms with Gasteiger partial charge in [0, 0.05) is 0 Å². The predicted molar refractivity (Wildman–Crippen MR) is 48.6 cm³/mol. The zero-order chi connectivity index (χ0) is 9.52. The lowest BCUT2D eigenvalue weighted by Crippen LogP contribution is -1.87. The van der Waals surface area contributed by atoms with Crippen LogP contribution >= 0.6 is 0 Å². The molecule has 0 spiro atoms. The quantitative estimate of drug-likeness (QED) is 0.246. The van der Waals surface area contributed by atoms with Gasteiger partial charge in [-0.3, -0.25) is 4.98 Å². The van der Waals surface area contributed by atoms with Gasteiger partial charge in [0.25, 0.3) is 0 Å². The molecule has 2 N–H and O–H groups in total. The molecule has 0 saturated carbocycles. The highest BCUT2D eigenvalue weighted by molar-refractivity contribution is 5.58. The Hall–Kier alpha value is -1.85. The second kappa shape index (κ2) is 4.91. The fourth-order valence-electron chi connectivity index (χ4n) is 0.712. The van der Waals surface area contributed by atoms with Crippen molar-refractivity contribution in [3.05, 3.63) is 18.1 Å². The maximum absolute atomic E-state index is 4.77. The highest BCUT2D eigenvalue weighted by atomic mass is 15.3. The van der Waals surface area contributed by atoms with Crippen LogP contribution in [0.3, 0.4) is 0 Å². The molecule has 0 saturated heterocycles. The second-order valence-electron chi connectivity index (χ2n) is 2.19. The van der Waals surface area contributed by atoms with Crippen molar-refractivity contribution in [1.29, 1.82) is 0 Å². The summed E-state index contributed by atoms with van der Waals surface area (Å²) in [5.74, 6) is 5.26. The Morgan fingerprint density at radius 1 is 1.46 bits per heavy atom. The highest BCUT2D eigenvalue weighted by Gasteiger charge is 1.91. The first-order valence-corrected chi connectivity index (χ1v) is 3.80. The first-order valence-electron chi connectivity index (χ1n) is 3.80. The minimum atomic E-state index is 0.490. The molecule has 6 nitrogen and oxygen atoms in total. The summed E-state index contributed by atoms with van der Waals surface area (Å²) in [6.45, 7) is 2.01. The minimum absolute atomic E-state index is 0.490. The van der Waals surface area contributed by atoms with Gasteiger partial charge in [0.05, 0.1) is 18.1 Å². The van der Waals surface area contributed by atoms with E-state index in [-0.39, 0.29) is 0 Å². The van der Waals surface area contributed by atoms with Crippen LogP contribution in [0.4, 0.5) is 5.82 Å². The fourth-order valence-corrected chi connectivity index (χ4v) is 0.712. The average molecular weight is 178 g/mol. The third-order valence-corrected chi connectivity index (χ3v) is 1.36. The Labute approximate surface area is 75.6 Å². The Morgan fingerprint density at radius 3 is 2.85 bits per heavy atom. The lowest BCUT2D eigenvalue weighted by Gasteiger charge is -1.93. The van der Waals surface area contributed by atoms with E-state index in [0.29, 0.717) is 5.82 Å². The topological polar surface area (TPSA) is 88.9 Å². The van der Waals surface area contributed by atoms with Gasteiger partial charge < -0.3 is 5.84 Å². The Bertz CT molecular complexity index is 301. The number of rotatable bonds is 3. The van der Waals surface area contributed by atoms with Crippen LogP contribution in [0.1, 0.15) is 12.6 Å². The summed E-state index contributed by atoms with van der Waals surface area (Å²) in [5, 5.41) is 6.36. The van der Waals surface area contributed by atoms with Gasteiger partial charge in [-0.25, -0.2) is 9.98 Å². The summed E-state index contributed by atoms with van der Waals surface area (Å²) in [6.07, 6.45) is 5.32. The molecule has 1 aromatic rings. The van der Waals surface area contributed by atoms with E-state index in [1.807, 2.05) is 6.92 Å². The van der Waals surface area contributed by atoms with Crippen LogP contribution in [0.2, 0.25) is 0 Å². The van der Waals surface area contributed by atoms with Gasteiger partial charge in [-0.2, -0.15) is 0 Å². The summed E-state index contributed by atoms with van der Waals surface area (Å²) < 4.78 is 0. The number of aliphatic imine (C=N–C) groups is 1. The molecular weight excluding hydrogens is 168 g/mol. The zero-order valence-corrected chi connectivity index (χ0v) is 7.25. The molecule has 13 heavy (non-hydrogen) atoms. The standard InChI is InChI=1S/C7H10N6/c1-2-6-3-10-7(4-9-6)11-5-12-13-8/h3-5H,2H2,1H3,(H2,8,10,11,12). The molecule has 0 amide bonds. The molecule has 1 heterocycles. The summed E-state index contributed by atoms with van der Waals surface area (Å²) in [5.41, 5.74) is 0.930. The summed E-state index contributed by atoms with van der Waals surface area (Å²) >= 11 is 0. The fraction of sp³-hybridized carbons (Fsp3) is 0.286. The van der Waals surface area contributed by atoms with Gasteiger partial charge >= 0.3 is 0 Å². The molecule has 0 bridgehead atoms. The molecule has 0 atom stereocenters. The molecule has 0 aliphatic carbocycles. The minimum Gasteiger partial charge on any atom is -0.305 e. The molecule has 0 aromatic carbocycles. The molecular formula is C7H10N6. The van der Waals surface area contributed by atoms with Crippen LogP contribution in [-0.2, 0) is 6.42 Å². The third-order valence-electron chi connectivity index (χ3n) is 1.36. The van der Waals surface area contributed by atoms with E-state index in [0.717, 1.165) is 12.1 Å². The monoisotopic (exact) mass is 178 g/mol. The Morgan fingerprint density at radius 2 is 2.31 bits per heavy atom. The van der Waals surface area contributed by atoms with Gasteiger partial charge in [-0.15, -0.1) is 5.11 Å². The van der Waals surface area contributed by atoms with Gasteiger partial charge in [0.15, 0.2) is 5.82 Å². The molecule has 0 unspecified atom stereocenters. The van der Waals surface area contributed by atoms with E-state index in [9.17, 15) is 0 Å². The van der Waals surface area contributed by atoms with Gasteiger partial charge in [-0.1, -0.05) is 12.1 Å².